The van der Waals surface area contributed by atoms with Crippen LogP contribution in [0.2, 0.25) is 0 Å². The Morgan fingerprint density at radius 3 is 2.39 bits per heavy atom. The molecule has 0 fully saturated rings. The number of nitriles is 2. The van der Waals surface area contributed by atoms with Crippen LogP contribution in [0.15, 0.2) is 23.8 Å². The van der Waals surface area contributed by atoms with Crippen molar-refractivity contribution >= 4 is 6.08 Å². The minimum absolute atomic E-state index is 0.0181. The molecule has 18 heavy (non-hydrogen) atoms. The average Bonchev–Trinajstić information content (AvgIpc) is 2.35. The van der Waals surface area contributed by atoms with E-state index in [1.807, 2.05) is 26.0 Å². The fourth-order valence-electron chi connectivity index (χ4n) is 1.39. The van der Waals surface area contributed by atoms with Crippen molar-refractivity contribution in [3.8, 4) is 23.6 Å². The molecule has 0 aliphatic heterocycles. The normalized spacial score (nSPS) is 9.22. The molecule has 0 aromatic heterocycles. The van der Waals surface area contributed by atoms with Crippen molar-refractivity contribution in [1.82, 2.24) is 0 Å². The third kappa shape index (κ3) is 3.54. The molecule has 0 aliphatic rings. The van der Waals surface area contributed by atoms with Crippen LogP contribution in [0.4, 0.5) is 0 Å². The van der Waals surface area contributed by atoms with Gasteiger partial charge in [0.05, 0.1) is 13.2 Å². The molecule has 0 spiro atoms. The topological polar surface area (TPSA) is 66.0 Å². The number of rotatable bonds is 4. The molecular formula is C14H14N2O2. The molecule has 0 aliphatic carbocycles. The Hall–Kier alpha value is -2.46. The molecule has 0 radical (unpaired) electrons. The zero-order valence-electron chi connectivity index (χ0n) is 10.6. The molecule has 4 nitrogen and oxygen atoms in total. The highest BCUT2D eigenvalue weighted by atomic mass is 16.5. The van der Waals surface area contributed by atoms with Gasteiger partial charge in [-0.1, -0.05) is 6.07 Å². The molecular weight excluding hydrogens is 228 g/mol. The highest BCUT2D eigenvalue weighted by molar-refractivity contribution is 5.64. The molecule has 0 atom stereocenters. The van der Waals surface area contributed by atoms with Crippen LogP contribution in [0, 0.1) is 22.7 Å². The van der Waals surface area contributed by atoms with Crippen molar-refractivity contribution in [2.24, 2.45) is 0 Å². The molecule has 0 saturated heterocycles. The van der Waals surface area contributed by atoms with Gasteiger partial charge in [-0.15, -0.1) is 0 Å². The summed E-state index contributed by atoms with van der Waals surface area (Å²) in [6.45, 7) is 3.83. The lowest BCUT2D eigenvalue weighted by Crippen LogP contribution is -2.06. The molecule has 92 valence electrons. The third-order valence-corrected chi connectivity index (χ3v) is 2.10. The van der Waals surface area contributed by atoms with E-state index in [1.165, 1.54) is 6.08 Å². The maximum absolute atomic E-state index is 8.71. The van der Waals surface area contributed by atoms with Gasteiger partial charge in [0.25, 0.3) is 0 Å². The average molecular weight is 242 g/mol. The first kappa shape index (κ1) is 13.6. The molecule has 0 heterocycles. The second-order valence-corrected chi connectivity index (χ2v) is 3.86. The van der Waals surface area contributed by atoms with Gasteiger partial charge in [-0.05, 0) is 37.6 Å². The molecule has 1 aromatic carbocycles. The molecule has 0 saturated carbocycles. The molecule has 0 N–H and O–H groups in total. The lowest BCUT2D eigenvalue weighted by Gasteiger charge is -2.13. The molecule has 4 heteroatoms. The number of hydrogen-bond acceptors (Lipinski definition) is 4. The van der Waals surface area contributed by atoms with Crippen molar-refractivity contribution in [3.05, 3.63) is 29.3 Å². The molecule has 1 aromatic rings. The van der Waals surface area contributed by atoms with Crippen LogP contribution >= 0.6 is 0 Å². The number of nitrogens with zero attached hydrogens (tertiary/aromatic N) is 2. The summed E-state index contributed by atoms with van der Waals surface area (Å²) in [6.07, 6.45) is 1.52. The van der Waals surface area contributed by atoms with Gasteiger partial charge in [0, 0.05) is 0 Å². The Kier molecular flexibility index (Phi) is 4.78. The van der Waals surface area contributed by atoms with Crippen molar-refractivity contribution in [3.63, 3.8) is 0 Å². The SMILES string of the molecule is COc1ccc(C=C(C#N)C#N)cc1OC(C)C. The summed E-state index contributed by atoms with van der Waals surface area (Å²) in [4.78, 5) is 0. The smallest absolute Gasteiger partial charge is 0.162 e. The second kappa shape index (κ2) is 6.32. The van der Waals surface area contributed by atoms with E-state index >= 15 is 0 Å². The van der Waals surface area contributed by atoms with Gasteiger partial charge < -0.3 is 9.47 Å². The van der Waals surface area contributed by atoms with E-state index in [9.17, 15) is 0 Å². The summed E-state index contributed by atoms with van der Waals surface area (Å²) < 4.78 is 10.8. The van der Waals surface area contributed by atoms with Crippen molar-refractivity contribution < 1.29 is 9.47 Å². The molecule has 1 rings (SSSR count). The summed E-state index contributed by atoms with van der Waals surface area (Å²) >= 11 is 0. The highest BCUT2D eigenvalue weighted by Crippen LogP contribution is 2.29. The number of hydrogen-bond donors (Lipinski definition) is 0. The van der Waals surface area contributed by atoms with Crippen LogP contribution < -0.4 is 9.47 Å². The quantitative estimate of drug-likeness (QED) is 0.761. The Morgan fingerprint density at radius 2 is 1.89 bits per heavy atom. The van der Waals surface area contributed by atoms with Gasteiger partial charge in [0.1, 0.15) is 17.7 Å². The van der Waals surface area contributed by atoms with Gasteiger partial charge in [-0.25, -0.2) is 0 Å². The number of ether oxygens (including phenoxy) is 2. The third-order valence-electron chi connectivity index (χ3n) is 2.10. The van der Waals surface area contributed by atoms with E-state index in [1.54, 1.807) is 25.3 Å². The van der Waals surface area contributed by atoms with E-state index in [0.717, 1.165) is 5.56 Å². The van der Waals surface area contributed by atoms with Gasteiger partial charge in [0.15, 0.2) is 11.5 Å². The van der Waals surface area contributed by atoms with Crippen LogP contribution in [0.1, 0.15) is 19.4 Å². The van der Waals surface area contributed by atoms with E-state index in [0.29, 0.717) is 11.5 Å². The van der Waals surface area contributed by atoms with Crippen LogP contribution in [0.3, 0.4) is 0 Å². The zero-order chi connectivity index (χ0) is 13.5. The Labute approximate surface area is 107 Å². The Balaban J connectivity index is 3.15. The van der Waals surface area contributed by atoms with Gasteiger partial charge in [-0.2, -0.15) is 10.5 Å². The second-order valence-electron chi connectivity index (χ2n) is 3.86. The largest absolute Gasteiger partial charge is 0.493 e. The van der Waals surface area contributed by atoms with Crippen molar-refractivity contribution in [2.75, 3.05) is 7.11 Å². The number of allylic oxidation sites excluding steroid dienone is 1. The maximum atomic E-state index is 8.71. The summed E-state index contributed by atoms with van der Waals surface area (Å²) in [6, 6.07) is 8.89. The first-order chi connectivity index (χ1) is 8.60. The van der Waals surface area contributed by atoms with E-state index < -0.39 is 0 Å². The standard InChI is InChI=1S/C14H14N2O2/c1-10(2)18-14-7-11(4-5-13(14)17-3)6-12(8-15)9-16/h4-7,10H,1-3H3. The zero-order valence-corrected chi connectivity index (χ0v) is 10.6. The summed E-state index contributed by atoms with van der Waals surface area (Å²) in [5, 5.41) is 17.4. The summed E-state index contributed by atoms with van der Waals surface area (Å²) in [7, 11) is 1.56. The summed E-state index contributed by atoms with van der Waals surface area (Å²) in [5.41, 5.74) is 0.778. The Morgan fingerprint density at radius 1 is 1.22 bits per heavy atom. The number of methoxy groups -OCH3 is 1. The predicted molar refractivity (Wildman–Crippen MR) is 68.0 cm³/mol. The van der Waals surface area contributed by atoms with Crippen LogP contribution in [-0.4, -0.2) is 13.2 Å². The molecule has 0 bridgehead atoms. The van der Waals surface area contributed by atoms with E-state index in [4.69, 9.17) is 20.0 Å². The van der Waals surface area contributed by atoms with Crippen LogP contribution in [-0.2, 0) is 0 Å². The minimum atomic E-state index is 0.0181. The van der Waals surface area contributed by atoms with E-state index in [2.05, 4.69) is 0 Å². The number of benzene rings is 1. The maximum Gasteiger partial charge on any atom is 0.162 e. The lowest BCUT2D eigenvalue weighted by atomic mass is 10.1. The molecule has 0 amide bonds. The minimum Gasteiger partial charge on any atom is -0.493 e. The summed E-state index contributed by atoms with van der Waals surface area (Å²) in [5.74, 6) is 1.22. The van der Waals surface area contributed by atoms with Crippen molar-refractivity contribution in [1.29, 1.82) is 10.5 Å². The van der Waals surface area contributed by atoms with E-state index in [-0.39, 0.29) is 11.7 Å². The highest BCUT2D eigenvalue weighted by Gasteiger charge is 2.07. The Bertz CT molecular complexity index is 518. The first-order valence-electron chi connectivity index (χ1n) is 5.47. The van der Waals surface area contributed by atoms with Crippen molar-refractivity contribution in [2.45, 2.75) is 20.0 Å². The van der Waals surface area contributed by atoms with Gasteiger partial charge >= 0.3 is 0 Å². The fourth-order valence-corrected chi connectivity index (χ4v) is 1.39. The van der Waals surface area contributed by atoms with Gasteiger partial charge in [-0.3, -0.25) is 0 Å². The van der Waals surface area contributed by atoms with Crippen LogP contribution in [0.25, 0.3) is 6.08 Å². The fraction of sp³-hybridized carbons (Fsp3) is 0.286. The predicted octanol–water partition coefficient (Wildman–Crippen LogP) is 2.91. The first-order valence-corrected chi connectivity index (χ1v) is 5.47. The van der Waals surface area contributed by atoms with Crippen LogP contribution in [0.5, 0.6) is 11.5 Å². The lowest BCUT2D eigenvalue weighted by molar-refractivity contribution is 0.230. The monoisotopic (exact) mass is 242 g/mol. The van der Waals surface area contributed by atoms with Gasteiger partial charge in [0.2, 0.25) is 0 Å². The molecule has 0 unspecified atom stereocenters.